The van der Waals surface area contributed by atoms with Crippen LogP contribution in [-0.2, 0) is 14.3 Å². The minimum atomic E-state index is -1.85. The van der Waals surface area contributed by atoms with Crippen LogP contribution in [0.2, 0.25) is 0 Å². The van der Waals surface area contributed by atoms with Crippen molar-refractivity contribution in [3.63, 3.8) is 0 Å². The third-order valence-corrected chi connectivity index (χ3v) is 10.6. The van der Waals surface area contributed by atoms with Crippen LogP contribution in [0.1, 0.15) is 47.0 Å². The van der Waals surface area contributed by atoms with Gasteiger partial charge in [0.05, 0.1) is 6.26 Å². The Kier molecular flexibility index (Phi) is 6.33. The third-order valence-electron chi connectivity index (χ3n) is 9.54. The Hall–Kier alpha value is -2.02. The van der Waals surface area contributed by atoms with E-state index in [2.05, 4.69) is 39.1 Å². The maximum Gasteiger partial charge on any atom is 0.253 e. The number of rotatable bonds is 6. The molecule has 0 aromatic heterocycles. The molecule has 0 amide bonds. The molecule has 0 spiro atoms. The lowest BCUT2D eigenvalue weighted by atomic mass is 9.43. The topological polar surface area (TPSA) is 72.8 Å². The Morgan fingerprint density at radius 2 is 2.03 bits per heavy atom. The van der Waals surface area contributed by atoms with Gasteiger partial charge in [0.2, 0.25) is 0 Å². The predicted molar refractivity (Wildman–Crippen MR) is 132 cm³/mol. The van der Waals surface area contributed by atoms with Crippen LogP contribution in [0, 0.1) is 45.3 Å². The number of alkyl halides is 1. The summed E-state index contributed by atoms with van der Waals surface area (Å²) in [6, 6.07) is -1.02. The van der Waals surface area contributed by atoms with Gasteiger partial charge in [-0.15, -0.1) is 0 Å². The smallest absolute Gasteiger partial charge is 0.253 e. The first-order chi connectivity index (χ1) is 15.9. The molecule has 0 bridgehead atoms. The number of nitroso groups, excluding NO2 is 1. The zero-order valence-electron chi connectivity index (χ0n) is 20.4. The van der Waals surface area contributed by atoms with E-state index < -0.39 is 17.1 Å². The van der Waals surface area contributed by atoms with Crippen LogP contribution < -0.4 is 0 Å². The van der Waals surface area contributed by atoms with Gasteiger partial charge in [-0.05, 0) is 67.4 Å². The number of carbonyl (C=O) groups is 2. The van der Waals surface area contributed by atoms with Crippen LogP contribution in [0.15, 0.2) is 54.2 Å². The maximum absolute atomic E-state index is 17.5. The quantitative estimate of drug-likeness (QED) is 0.254. The van der Waals surface area contributed by atoms with Crippen LogP contribution in [0.25, 0.3) is 0 Å². The van der Waals surface area contributed by atoms with E-state index in [1.807, 2.05) is 6.92 Å². The summed E-state index contributed by atoms with van der Waals surface area (Å²) in [5.41, 5.74) is -2.43. The Balaban J connectivity index is 1.69. The molecule has 0 aliphatic heterocycles. The maximum atomic E-state index is 17.5. The fourth-order valence-electron chi connectivity index (χ4n) is 7.93. The van der Waals surface area contributed by atoms with Crippen molar-refractivity contribution < 1.29 is 18.7 Å². The number of hydrogen-bond donors (Lipinski definition) is 0. The summed E-state index contributed by atoms with van der Waals surface area (Å²) in [5, 5.41) is 3.16. The standard InChI is InChI=1S/C27H34FNO4S/c1-7-33-17(4)24(31)34-14-22-16(3)10-20-21-11-15(2)19-12-18(30)8-9-26(19,6)27(21,28)23(29-32)13-25(20,22)5/h7-9,12,15-16,20-23H,1,4,10-11,13-14H2,2-3,5-6H3/t15-,16+,20?,21?,22?,23?,25?,26?,27-/m0/s1. The molecule has 3 fully saturated rings. The van der Waals surface area contributed by atoms with Gasteiger partial charge >= 0.3 is 0 Å². The monoisotopic (exact) mass is 487 g/mol. The largest absolute Gasteiger partial charge is 0.462 e. The van der Waals surface area contributed by atoms with E-state index in [0.717, 1.165) is 23.8 Å². The summed E-state index contributed by atoms with van der Waals surface area (Å²) in [6.07, 6.45) is 7.63. The minimum Gasteiger partial charge on any atom is -0.462 e. The van der Waals surface area contributed by atoms with Crippen molar-refractivity contribution in [3.05, 3.63) is 53.9 Å². The van der Waals surface area contributed by atoms with E-state index in [1.54, 1.807) is 12.2 Å². The summed E-state index contributed by atoms with van der Waals surface area (Å²) in [5.74, 6) is 0.599. The molecule has 6 unspecified atom stereocenters. The normalized spacial score (nSPS) is 44.9. The molecule has 34 heavy (non-hydrogen) atoms. The average molecular weight is 488 g/mol. The van der Waals surface area contributed by atoms with Crippen LogP contribution in [0.4, 0.5) is 4.39 Å². The second-order valence-corrected chi connectivity index (χ2v) is 12.1. The number of nitrogens with zero attached hydrogens (tertiary/aromatic N) is 1. The van der Waals surface area contributed by atoms with E-state index >= 15 is 4.39 Å². The zero-order chi connectivity index (χ0) is 25.1. The molecule has 184 valence electrons. The highest BCUT2D eigenvalue weighted by Crippen LogP contribution is 2.71. The number of hydrogen-bond acceptors (Lipinski definition) is 6. The van der Waals surface area contributed by atoms with Gasteiger partial charge in [-0.3, -0.25) is 9.59 Å². The molecule has 0 radical (unpaired) electrons. The van der Waals surface area contributed by atoms with Crippen molar-refractivity contribution in [2.45, 2.75) is 58.7 Å². The van der Waals surface area contributed by atoms with Crippen LogP contribution in [0.3, 0.4) is 0 Å². The molecular weight excluding hydrogens is 453 g/mol. The number of ketones is 1. The highest BCUT2D eigenvalue weighted by atomic mass is 32.2. The van der Waals surface area contributed by atoms with Crippen molar-refractivity contribution in [2.75, 3.05) is 5.75 Å². The number of carbonyl (C=O) groups excluding carboxylic acids is 2. The third kappa shape index (κ3) is 3.41. The van der Waals surface area contributed by atoms with Gasteiger partial charge < -0.3 is 4.74 Å². The van der Waals surface area contributed by atoms with Crippen molar-refractivity contribution in [3.8, 4) is 0 Å². The molecule has 3 saturated carbocycles. The summed E-state index contributed by atoms with van der Waals surface area (Å²) in [6.45, 7) is 15.3. The lowest BCUT2D eigenvalue weighted by Crippen LogP contribution is -2.67. The molecule has 0 N–H and O–H groups in total. The summed E-state index contributed by atoms with van der Waals surface area (Å²) < 4.78 is 22.5. The Morgan fingerprint density at radius 1 is 1.32 bits per heavy atom. The minimum absolute atomic E-state index is 0.0344. The van der Waals surface area contributed by atoms with Gasteiger partial charge in [-0.1, -0.05) is 62.5 Å². The molecule has 4 aliphatic rings. The van der Waals surface area contributed by atoms with E-state index in [0.29, 0.717) is 18.6 Å². The van der Waals surface area contributed by atoms with Gasteiger partial charge in [0.1, 0.15) is 6.04 Å². The lowest BCUT2D eigenvalue weighted by molar-refractivity contribution is -0.145. The molecule has 4 rings (SSSR count). The highest BCUT2D eigenvalue weighted by Gasteiger charge is 2.72. The van der Waals surface area contributed by atoms with Crippen molar-refractivity contribution in [1.29, 1.82) is 0 Å². The SMILES string of the molecule is C=COC(=C)C(=O)SCC1[C@H](C)CC2C3C[C@H](C)C4=CC(=O)C=CC4(C)[C@@]3(F)C(N=O)CC21C. The summed E-state index contributed by atoms with van der Waals surface area (Å²) >= 11 is 1.16. The number of halogens is 1. The number of fused-ring (bicyclic) bond motifs is 5. The fourth-order valence-corrected chi connectivity index (χ4v) is 9.18. The first-order valence-corrected chi connectivity index (χ1v) is 13.0. The second kappa shape index (κ2) is 8.58. The molecule has 7 heteroatoms. The second-order valence-electron chi connectivity index (χ2n) is 11.1. The van der Waals surface area contributed by atoms with Crippen LogP contribution in [-0.4, -0.2) is 28.4 Å². The Morgan fingerprint density at radius 3 is 2.68 bits per heavy atom. The molecule has 5 nitrogen and oxygen atoms in total. The molecule has 0 aromatic carbocycles. The van der Waals surface area contributed by atoms with Crippen LogP contribution in [0.5, 0.6) is 0 Å². The van der Waals surface area contributed by atoms with Gasteiger partial charge in [-0.25, -0.2) is 4.39 Å². The number of allylic oxidation sites excluding steroid dienone is 4. The Bertz CT molecular complexity index is 1010. The number of thioether (sulfide) groups is 1. The zero-order valence-corrected chi connectivity index (χ0v) is 21.2. The molecule has 0 heterocycles. The van der Waals surface area contributed by atoms with Crippen LogP contribution >= 0.6 is 11.8 Å². The van der Waals surface area contributed by atoms with E-state index in [-0.39, 0.29) is 51.7 Å². The van der Waals surface area contributed by atoms with Crippen molar-refractivity contribution in [2.24, 2.45) is 45.6 Å². The van der Waals surface area contributed by atoms with Gasteiger partial charge in [0, 0.05) is 17.1 Å². The average Bonchev–Trinajstić information content (AvgIpc) is 3.04. The lowest BCUT2D eigenvalue weighted by Gasteiger charge is -2.62. The molecule has 0 aromatic rings. The molecular formula is C27H34FNO4S. The first kappa shape index (κ1) is 25.1. The first-order valence-electron chi connectivity index (χ1n) is 12.0. The summed E-state index contributed by atoms with van der Waals surface area (Å²) in [4.78, 5) is 36.8. The molecule has 4 aliphatic carbocycles. The van der Waals surface area contributed by atoms with Gasteiger partial charge in [0.25, 0.3) is 5.12 Å². The van der Waals surface area contributed by atoms with E-state index in [9.17, 15) is 14.5 Å². The van der Waals surface area contributed by atoms with Crippen molar-refractivity contribution >= 4 is 22.7 Å². The molecule has 0 saturated heterocycles. The predicted octanol–water partition coefficient (Wildman–Crippen LogP) is 6.17. The number of ether oxygens (including phenoxy) is 1. The molecule has 9 atom stereocenters. The van der Waals surface area contributed by atoms with E-state index in [4.69, 9.17) is 4.74 Å². The summed E-state index contributed by atoms with van der Waals surface area (Å²) in [7, 11) is 0. The van der Waals surface area contributed by atoms with E-state index in [1.165, 1.54) is 12.3 Å². The van der Waals surface area contributed by atoms with Gasteiger partial charge in [-0.2, -0.15) is 4.91 Å². The fraction of sp³-hybridized carbons (Fsp3) is 0.630. The Labute approximate surface area is 205 Å². The van der Waals surface area contributed by atoms with Gasteiger partial charge in [0.15, 0.2) is 17.2 Å². The highest BCUT2D eigenvalue weighted by molar-refractivity contribution is 8.14. The van der Waals surface area contributed by atoms with Crippen molar-refractivity contribution in [1.82, 2.24) is 0 Å².